The van der Waals surface area contributed by atoms with Gasteiger partial charge in [-0.05, 0) is 5.56 Å². The average molecular weight is 283 g/mol. The summed E-state index contributed by atoms with van der Waals surface area (Å²) in [5.41, 5.74) is 2.42. The van der Waals surface area contributed by atoms with Crippen LogP contribution in [0.5, 0.6) is 0 Å². The Morgan fingerprint density at radius 3 is 1.81 bits per heavy atom. The predicted octanol–water partition coefficient (Wildman–Crippen LogP) is 4.10. The van der Waals surface area contributed by atoms with Crippen molar-refractivity contribution in [2.45, 2.75) is 0 Å². The number of rotatable bonds is 2. The molecule has 0 heterocycles. The summed E-state index contributed by atoms with van der Waals surface area (Å²) >= 11 is 0. The van der Waals surface area contributed by atoms with Gasteiger partial charge in [-0.3, -0.25) is 0 Å². The summed E-state index contributed by atoms with van der Waals surface area (Å²) in [7, 11) is 0. The third-order valence-corrected chi connectivity index (χ3v) is 2.01. The molecular formula is C15H14Y-2. The summed E-state index contributed by atoms with van der Waals surface area (Å²) in [4.78, 5) is 0. The van der Waals surface area contributed by atoms with Gasteiger partial charge < -0.3 is 7.43 Å². The summed E-state index contributed by atoms with van der Waals surface area (Å²) in [6.45, 7) is 0. The molecule has 0 amide bonds. The van der Waals surface area contributed by atoms with E-state index in [0.717, 1.165) is 0 Å². The molecule has 0 aliphatic heterocycles. The third-order valence-electron chi connectivity index (χ3n) is 2.01. The van der Waals surface area contributed by atoms with Crippen molar-refractivity contribution in [2.24, 2.45) is 0 Å². The SMILES string of the molecule is [CH3-].[Y].[c-]1ccc(/C=C/c2ccccc2)cc1. The van der Waals surface area contributed by atoms with Gasteiger partial charge in [-0.2, -0.15) is 30.3 Å². The molecule has 0 saturated heterocycles. The zero-order valence-electron chi connectivity index (χ0n) is 9.43. The molecule has 0 aromatic heterocycles. The van der Waals surface area contributed by atoms with Crippen LogP contribution in [0.25, 0.3) is 12.2 Å². The molecule has 0 nitrogen and oxygen atoms in total. The van der Waals surface area contributed by atoms with Crippen molar-refractivity contribution in [1.82, 2.24) is 0 Å². The van der Waals surface area contributed by atoms with Gasteiger partial charge in [0.25, 0.3) is 0 Å². The van der Waals surface area contributed by atoms with Gasteiger partial charge in [-0.15, -0.1) is 5.56 Å². The van der Waals surface area contributed by atoms with Crippen LogP contribution in [-0.4, -0.2) is 0 Å². The van der Waals surface area contributed by atoms with Gasteiger partial charge in [0, 0.05) is 32.7 Å². The van der Waals surface area contributed by atoms with E-state index in [0.29, 0.717) is 0 Å². The Hall–Kier alpha value is -0.716. The summed E-state index contributed by atoms with van der Waals surface area (Å²) in [6.07, 6.45) is 4.21. The quantitative estimate of drug-likeness (QED) is 0.575. The topological polar surface area (TPSA) is 0 Å². The Bertz CT molecular complexity index is 362. The summed E-state index contributed by atoms with van der Waals surface area (Å²) < 4.78 is 0. The molecule has 0 fully saturated rings. The molecule has 0 atom stereocenters. The van der Waals surface area contributed by atoms with E-state index < -0.39 is 0 Å². The molecule has 1 radical (unpaired) electrons. The first-order valence-corrected chi connectivity index (χ1v) is 4.64. The molecule has 0 aliphatic carbocycles. The van der Waals surface area contributed by atoms with Crippen molar-refractivity contribution in [3.05, 3.63) is 79.2 Å². The van der Waals surface area contributed by atoms with Gasteiger partial charge in [-0.1, -0.05) is 42.5 Å². The zero-order chi connectivity index (χ0) is 9.64. The summed E-state index contributed by atoms with van der Waals surface area (Å²) in [6, 6.07) is 21.2. The molecule has 0 spiro atoms. The fourth-order valence-electron chi connectivity index (χ4n) is 1.27. The second kappa shape index (κ2) is 8.44. The first kappa shape index (κ1) is 15.3. The van der Waals surface area contributed by atoms with Gasteiger partial charge in [0.1, 0.15) is 0 Å². The fraction of sp³-hybridized carbons (Fsp3) is 0. The van der Waals surface area contributed by atoms with Gasteiger partial charge in [0.2, 0.25) is 0 Å². The molecule has 0 bridgehead atoms. The van der Waals surface area contributed by atoms with E-state index in [2.05, 4.69) is 30.4 Å². The van der Waals surface area contributed by atoms with Gasteiger partial charge in [0.15, 0.2) is 0 Å². The Labute approximate surface area is 123 Å². The van der Waals surface area contributed by atoms with Crippen LogP contribution in [0.3, 0.4) is 0 Å². The van der Waals surface area contributed by atoms with E-state index >= 15 is 0 Å². The van der Waals surface area contributed by atoms with E-state index in [9.17, 15) is 0 Å². The van der Waals surface area contributed by atoms with Gasteiger partial charge in [0.05, 0.1) is 0 Å². The monoisotopic (exact) mass is 283 g/mol. The van der Waals surface area contributed by atoms with Crippen LogP contribution in [0.1, 0.15) is 11.1 Å². The van der Waals surface area contributed by atoms with Crippen molar-refractivity contribution in [3.8, 4) is 0 Å². The van der Waals surface area contributed by atoms with Crippen LogP contribution in [0.15, 0.2) is 54.6 Å². The standard InChI is InChI=1S/C14H11.CH3.Y/c1-3-7-13(8-4-1)11-12-14-9-5-2-6-10-14;;/h1,3-12H;1H3;/q2*-1;/b12-11+;;. The Morgan fingerprint density at radius 1 is 0.750 bits per heavy atom. The molecule has 79 valence electrons. The Kier molecular flexibility index (Phi) is 8.06. The van der Waals surface area contributed by atoms with E-state index in [-0.39, 0.29) is 40.1 Å². The van der Waals surface area contributed by atoms with Crippen LogP contribution >= 0.6 is 0 Å². The minimum atomic E-state index is 0. The van der Waals surface area contributed by atoms with Crippen molar-refractivity contribution in [3.63, 3.8) is 0 Å². The second-order valence-electron chi connectivity index (χ2n) is 3.08. The molecular weight excluding hydrogens is 269 g/mol. The molecule has 1 heteroatoms. The average Bonchev–Trinajstić information content (AvgIpc) is 2.29. The summed E-state index contributed by atoms with van der Waals surface area (Å²) in [5.74, 6) is 0. The Balaban J connectivity index is 0.00000112. The fourth-order valence-corrected chi connectivity index (χ4v) is 1.27. The molecule has 0 aliphatic rings. The molecule has 2 rings (SSSR count). The van der Waals surface area contributed by atoms with Crippen molar-refractivity contribution < 1.29 is 32.7 Å². The first-order chi connectivity index (χ1) is 6.95. The second-order valence-corrected chi connectivity index (χ2v) is 3.08. The van der Waals surface area contributed by atoms with E-state index in [1.807, 2.05) is 42.5 Å². The predicted molar refractivity (Wildman–Crippen MR) is 67.1 cm³/mol. The first-order valence-electron chi connectivity index (χ1n) is 4.64. The smallest absolute Gasteiger partial charge is 0 e. The minimum absolute atomic E-state index is 0. The summed E-state index contributed by atoms with van der Waals surface area (Å²) in [5, 5.41) is 0. The van der Waals surface area contributed by atoms with E-state index in [1.54, 1.807) is 0 Å². The van der Waals surface area contributed by atoms with Crippen molar-refractivity contribution >= 4 is 12.2 Å². The Morgan fingerprint density at radius 2 is 1.25 bits per heavy atom. The molecule has 0 saturated carbocycles. The van der Waals surface area contributed by atoms with Gasteiger partial charge in [-0.25, -0.2) is 0 Å². The van der Waals surface area contributed by atoms with Crippen LogP contribution in [-0.2, 0) is 32.7 Å². The minimum Gasteiger partial charge on any atom is -0.358 e. The number of hydrogen-bond acceptors (Lipinski definition) is 0. The van der Waals surface area contributed by atoms with Crippen molar-refractivity contribution in [1.29, 1.82) is 0 Å². The normalized spacial score (nSPS) is 9.25. The maximum atomic E-state index is 3.00. The van der Waals surface area contributed by atoms with Crippen LogP contribution in [0.2, 0.25) is 0 Å². The zero-order valence-corrected chi connectivity index (χ0v) is 12.3. The van der Waals surface area contributed by atoms with Crippen molar-refractivity contribution in [2.75, 3.05) is 0 Å². The van der Waals surface area contributed by atoms with Crippen LogP contribution in [0.4, 0.5) is 0 Å². The molecule has 0 unspecified atom stereocenters. The number of hydrogen-bond donors (Lipinski definition) is 0. The number of benzene rings is 2. The van der Waals surface area contributed by atoms with E-state index in [1.165, 1.54) is 11.1 Å². The molecule has 16 heavy (non-hydrogen) atoms. The molecule has 2 aromatic carbocycles. The maximum absolute atomic E-state index is 3.00. The third kappa shape index (κ3) is 4.87. The van der Waals surface area contributed by atoms with Gasteiger partial charge >= 0.3 is 0 Å². The molecule has 0 N–H and O–H groups in total. The van der Waals surface area contributed by atoms with Crippen LogP contribution in [0, 0.1) is 13.5 Å². The van der Waals surface area contributed by atoms with Crippen LogP contribution < -0.4 is 0 Å². The maximum Gasteiger partial charge on any atom is 0 e. The van der Waals surface area contributed by atoms with E-state index in [4.69, 9.17) is 0 Å². The molecule has 2 aromatic rings. The largest absolute Gasteiger partial charge is 0.358 e.